The van der Waals surface area contributed by atoms with E-state index in [1.54, 1.807) is 6.07 Å². The Labute approximate surface area is 105 Å². The predicted octanol–water partition coefficient (Wildman–Crippen LogP) is 0.138. The van der Waals surface area contributed by atoms with Gasteiger partial charge in [-0.2, -0.15) is 0 Å². The van der Waals surface area contributed by atoms with E-state index >= 15 is 0 Å². The molecule has 0 heterocycles. The van der Waals surface area contributed by atoms with Gasteiger partial charge in [0.25, 0.3) is 5.91 Å². The maximum atomic E-state index is 11.9. The number of aliphatic hydroxyl groups is 1. The van der Waals surface area contributed by atoms with Crippen LogP contribution in [-0.2, 0) is 4.74 Å². The Morgan fingerprint density at radius 3 is 2.72 bits per heavy atom. The van der Waals surface area contributed by atoms with Gasteiger partial charge in [0.15, 0.2) is 0 Å². The molecule has 1 aromatic rings. The summed E-state index contributed by atoms with van der Waals surface area (Å²) in [6.07, 6.45) is 0. The topological polar surface area (TPSA) is 88.0 Å². The summed E-state index contributed by atoms with van der Waals surface area (Å²) < 4.78 is 9.82. The quantitative estimate of drug-likeness (QED) is 0.673. The van der Waals surface area contributed by atoms with E-state index in [-0.39, 0.29) is 24.5 Å². The molecule has 0 spiro atoms. The third-order valence-corrected chi connectivity index (χ3v) is 2.37. The molecule has 0 aliphatic carbocycles. The van der Waals surface area contributed by atoms with Crippen molar-refractivity contribution < 1.29 is 24.5 Å². The summed E-state index contributed by atoms with van der Waals surface area (Å²) in [5.74, 6) is -0.185. The number of carbonyl (C=O) groups is 1. The number of nitrogens with one attached hydrogen (secondary N) is 1. The highest BCUT2D eigenvalue weighted by Gasteiger charge is 2.16. The average molecular weight is 255 g/mol. The summed E-state index contributed by atoms with van der Waals surface area (Å²) in [5.41, 5.74) is 0.0869. The van der Waals surface area contributed by atoms with Crippen molar-refractivity contribution >= 4 is 5.91 Å². The molecule has 0 fully saturated rings. The Kier molecular flexibility index (Phi) is 5.41. The Hall–Kier alpha value is -1.79. The van der Waals surface area contributed by atoms with Crippen molar-refractivity contribution in [2.24, 2.45) is 0 Å². The van der Waals surface area contributed by atoms with Gasteiger partial charge in [-0.25, -0.2) is 0 Å². The minimum absolute atomic E-state index is 0.0869. The lowest BCUT2D eigenvalue weighted by molar-refractivity contribution is 0.0837. The molecule has 6 heteroatoms. The number of hydrogen-bond acceptors (Lipinski definition) is 5. The number of carbonyl (C=O) groups excluding carboxylic acids is 1. The van der Waals surface area contributed by atoms with Crippen molar-refractivity contribution in [3.63, 3.8) is 0 Å². The van der Waals surface area contributed by atoms with Gasteiger partial charge < -0.3 is 25.0 Å². The number of amides is 1. The molecule has 1 aromatic carbocycles. The predicted molar refractivity (Wildman–Crippen MR) is 64.9 cm³/mol. The fraction of sp³-hybridized carbons (Fsp3) is 0.417. The summed E-state index contributed by atoms with van der Waals surface area (Å²) in [6.45, 7) is -0.0583. The second-order valence-electron chi connectivity index (χ2n) is 3.69. The molecule has 1 unspecified atom stereocenters. The molecule has 0 aliphatic rings. The zero-order valence-electron chi connectivity index (χ0n) is 10.3. The van der Waals surface area contributed by atoms with Gasteiger partial charge >= 0.3 is 0 Å². The summed E-state index contributed by atoms with van der Waals surface area (Å²) in [4.78, 5) is 11.9. The van der Waals surface area contributed by atoms with E-state index in [1.807, 2.05) is 0 Å². The first-order valence-corrected chi connectivity index (χ1v) is 5.40. The van der Waals surface area contributed by atoms with E-state index in [9.17, 15) is 9.90 Å². The Bertz CT molecular complexity index is 407. The van der Waals surface area contributed by atoms with Crippen LogP contribution >= 0.6 is 0 Å². The second-order valence-corrected chi connectivity index (χ2v) is 3.69. The lowest BCUT2D eigenvalue weighted by Gasteiger charge is -2.16. The average Bonchev–Trinajstić information content (AvgIpc) is 2.38. The number of ether oxygens (including phenoxy) is 2. The Morgan fingerprint density at radius 2 is 2.17 bits per heavy atom. The molecule has 0 bridgehead atoms. The van der Waals surface area contributed by atoms with Crippen LogP contribution in [0.25, 0.3) is 0 Å². The van der Waals surface area contributed by atoms with E-state index in [1.165, 1.54) is 26.4 Å². The largest absolute Gasteiger partial charge is 0.507 e. The van der Waals surface area contributed by atoms with Crippen molar-refractivity contribution in [1.82, 2.24) is 5.32 Å². The van der Waals surface area contributed by atoms with Gasteiger partial charge in [0.05, 0.1) is 31.9 Å². The number of phenolic OH excluding ortho intramolecular Hbond substituents is 1. The summed E-state index contributed by atoms with van der Waals surface area (Å²) in [5, 5.41) is 21.2. The molecule has 0 saturated heterocycles. The van der Waals surface area contributed by atoms with Crippen molar-refractivity contribution in [1.29, 1.82) is 0 Å². The molecule has 1 rings (SSSR count). The van der Waals surface area contributed by atoms with Gasteiger partial charge in [0, 0.05) is 7.11 Å². The molecular formula is C12H17NO5. The van der Waals surface area contributed by atoms with Crippen LogP contribution in [0.1, 0.15) is 10.4 Å². The molecule has 0 aliphatic heterocycles. The molecule has 100 valence electrons. The van der Waals surface area contributed by atoms with Crippen molar-refractivity contribution in [2.45, 2.75) is 6.04 Å². The zero-order chi connectivity index (χ0) is 13.5. The summed E-state index contributed by atoms with van der Waals surface area (Å²) in [6, 6.07) is 3.82. The van der Waals surface area contributed by atoms with E-state index < -0.39 is 11.9 Å². The molecule has 0 saturated carbocycles. The van der Waals surface area contributed by atoms with Gasteiger partial charge in [-0.3, -0.25) is 4.79 Å². The highest BCUT2D eigenvalue weighted by Crippen LogP contribution is 2.22. The first-order chi connectivity index (χ1) is 8.62. The van der Waals surface area contributed by atoms with E-state index in [0.29, 0.717) is 5.75 Å². The van der Waals surface area contributed by atoms with Crippen LogP contribution in [0.4, 0.5) is 0 Å². The van der Waals surface area contributed by atoms with E-state index in [4.69, 9.17) is 14.6 Å². The minimum atomic E-state index is -0.520. The monoisotopic (exact) mass is 255 g/mol. The van der Waals surface area contributed by atoms with Gasteiger partial charge in [-0.05, 0) is 18.2 Å². The third-order valence-electron chi connectivity index (χ3n) is 2.37. The number of aromatic hydroxyl groups is 1. The lowest BCUT2D eigenvalue weighted by Crippen LogP contribution is -2.40. The molecule has 6 nitrogen and oxygen atoms in total. The van der Waals surface area contributed by atoms with Crippen LogP contribution in [-0.4, -0.2) is 49.6 Å². The summed E-state index contributed by atoms with van der Waals surface area (Å²) >= 11 is 0. The van der Waals surface area contributed by atoms with Crippen molar-refractivity contribution in [3.05, 3.63) is 23.8 Å². The van der Waals surface area contributed by atoms with Crippen LogP contribution in [0.3, 0.4) is 0 Å². The molecule has 1 atom stereocenters. The first-order valence-electron chi connectivity index (χ1n) is 5.40. The van der Waals surface area contributed by atoms with Crippen LogP contribution in [0.2, 0.25) is 0 Å². The fourth-order valence-electron chi connectivity index (χ4n) is 1.43. The maximum absolute atomic E-state index is 11.9. The molecular weight excluding hydrogens is 238 g/mol. The number of benzene rings is 1. The molecule has 3 N–H and O–H groups in total. The molecule has 0 radical (unpaired) electrons. The zero-order valence-corrected chi connectivity index (χ0v) is 10.3. The SMILES string of the molecule is COCC(CO)NC(=O)c1cc(OC)ccc1O. The lowest BCUT2D eigenvalue weighted by atomic mass is 10.1. The molecule has 18 heavy (non-hydrogen) atoms. The first kappa shape index (κ1) is 14.3. The van der Waals surface area contributed by atoms with Crippen molar-refractivity contribution in [2.75, 3.05) is 27.4 Å². The van der Waals surface area contributed by atoms with E-state index in [2.05, 4.69) is 5.32 Å². The Morgan fingerprint density at radius 1 is 1.44 bits per heavy atom. The van der Waals surface area contributed by atoms with Crippen molar-refractivity contribution in [3.8, 4) is 11.5 Å². The third kappa shape index (κ3) is 3.61. The summed E-state index contributed by atoms with van der Waals surface area (Å²) in [7, 11) is 2.94. The van der Waals surface area contributed by atoms with Crippen LogP contribution in [0.15, 0.2) is 18.2 Å². The number of phenols is 1. The molecule has 0 aromatic heterocycles. The number of hydrogen-bond donors (Lipinski definition) is 3. The second kappa shape index (κ2) is 6.83. The van der Waals surface area contributed by atoms with Gasteiger partial charge in [0.1, 0.15) is 11.5 Å². The van der Waals surface area contributed by atoms with E-state index in [0.717, 1.165) is 0 Å². The normalized spacial score (nSPS) is 11.9. The smallest absolute Gasteiger partial charge is 0.255 e. The standard InChI is InChI=1S/C12H17NO5/c1-17-7-8(6-14)13-12(16)10-5-9(18-2)3-4-11(10)15/h3-5,8,14-15H,6-7H2,1-2H3,(H,13,16). The number of rotatable bonds is 6. The Balaban J connectivity index is 2.82. The van der Waals surface area contributed by atoms with Crippen LogP contribution in [0.5, 0.6) is 11.5 Å². The highest BCUT2D eigenvalue weighted by molar-refractivity contribution is 5.97. The van der Waals surface area contributed by atoms with Gasteiger partial charge in [-0.1, -0.05) is 0 Å². The number of methoxy groups -OCH3 is 2. The van der Waals surface area contributed by atoms with Crippen LogP contribution < -0.4 is 10.1 Å². The fourth-order valence-corrected chi connectivity index (χ4v) is 1.43. The highest BCUT2D eigenvalue weighted by atomic mass is 16.5. The van der Waals surface area contributed by atoms with Crippen LogP contribution in [0, 0.1) is 0 Å². The van der Waals surface area contributed by atoms with Gasteiger partial charge in [0.2, 0.25) is 0 Å². The maximum Gasteiger partial charge on any atom is 0.255 e. The molecule has 1 amide bonds. The van der Waals surface area contributed by atoms with Gasteiger partial charge in [-0.15, -0.1) is 0 Å². The number of aliphatic hydroxyl groups excluding tert-OH is 1. The minimum Gasteiger partial charge on any atom is -0.507 e.